The molecule has 0 rings (SSSR count). The van der Waals surface area contributed by atoms with Crippen molar-refractivity contribution in [2.75, 3.05) is 33.9 Å². The number of primary amides is 1. The highest BCUT2D eigenvalue weighted by Gasteiger charge is 2.22. The van der Waals surface area contributed by atoms with E-state index >= 15 is 0 Å². The molecule has 0 aliphatic rings. The van der Waals surface area contributed by atoms with Crippen LogP contribution in [-0.2, 0) is 19.1 Å². The Morgan fingerprint density at radius 2 is 1.94 bits per heavy atom. The predicted molar refractivity (Wildman–Crippen MR) is 63.4 cm³/mol. The second-order valence-corrected chi connectivity index (χ2v) is 3.68. The van der Waals surface area contributed by atoms with Gasteiger partial charge in [0, 0.05) is 20.2 Å². The van der Waals surface area contributed by atoms with Crippen LogP contribution in [0.15, 0.2) is 0 Å². The zero-order chi connectivity index (χ0) is 13.3. The lowest BCUT2D eigenvalue weighted by atomic mass is 10.1. The molecule has 1 atom stereocenters. The minimum absolute atomic E-state index is 0.240. The molecule has 0 saturated carbocycles. The summed E-state index contributed by atoms with van der Waals surface area (Å²) in [5.41, 5.74) is 5.32. The normalized spacial score (nSPS) is 12.5. The van der Waals surface area contributed by atoms with E-state index < -0.39 is 0 Å². The number of amides is 1. The molecule has 0 heterocycles. The van der Waals surface area contributed by atoms with Crippen molar-refractivity contribution < 1.29 is 19.1 Å². The molecule has 0 aliphatic heterocycles. The van der Waals surface area contributed by atoms with Crippen molar-refractivity contribution >= 4 is 11.9 Å². The molecule has 0 aliphatic carbocycles. The molecule has 17 heavy (non-hydrogen) atoms. The van der Waals surface area contributed by atoms with Gasteiger partial charge >= 0.3 is 5.97 Å². The highest BCUT2D eigenvalue weighted by atomic mass is 16.5. The fourth-order valence-corrected chi connectivity index (χ4v) is 1.61. The molecule has 0 bridgehead atoms. The second-order valence-electron chi connectivity index (χ2n) is 3.68. The summed E-state index contributed by atoms with van der Waals surface area (Å²) in [5, 5.41) is 0. The monoisotopic (exact) mass is 246 g/mol. The zero-order valence-corrected chi connectivity index (χ0v) is 10.8. The third-order valence-electron chi connectivity index (χ3n) is 2.57. The van der Waals surface area contributed by atoms with Crippen LogP contribution >= 0.6 is 0 Å². The largest absolute Gasteiger partial charge is 0.469 e. The number of ether oxygens (including phenoxy) is 2. The SMILES string of the molecule is CCC(C(N)=O)N(CCOC)CCC(=O)OC. The van der Waals surface area contributed by atoms with E-state index in [0.717, 1.165) is 0 Å². The van der Waals surface area contributed by atoms with E-state index in [9.17, 15) is 9.59 Å². The minimum Gasteiger partial charge on any atom is -0.469 e. The maximum atomic E-state index is 11.3. The van der Waals surface area contributed by atoms with Crippen LogP contribution in [0, 0.1) is 0 Å². The van der Waals surface area contributed by atoms with Gasteiger partial charge < -0.3 is 15.2 Å². The molecule has 0 spiro atoms. The average Bonchev–Trinajstić information content (AvgIpc) is 2.31. The Balaban J connectivity index is 4.39. The van der Waals surface area contributed by atoms with Gasteiger partial charge in [-0.15, -0.1) is 0 Å². The van der Waals surface area contributed by atoms with Crippen LogP contribution in [0.25, 0.3) is 0 Å². The Hall–Kier alpha value is -1.14. The van der Waals surface area contributed by atoms with Gasteiger partial charge in [0.1, 0.15) is 0 Å². The fourth-order valence-electron chi connectivity index (χ4n) is 1.61. The quantitative estimate of drug-likeness (QED) is 0.568. The van der Waals surface area contributed by atoms with Gasteiger partial charge in [-0.3, -0.25) is 14.5 Å². The lowest BCUT2D eigenvalue weighted by molar-refractivity contribution is -0.141. The topological polar surface area (TPSA) is 81.9 Å². The number of hydrogen-bond donors (Lipinski definition) is 1. The van der Waals surface area contributed by atoms with Crippen LogP contribution in [0.1, 0.15) is 19.8 Å². The summed E-state index contributed by atoms with van der Waals surface area (Å²) in [6.07, 6.45) is 0.851. The number of hydrogen-bond acceptors (Lipinski definition) is 5. The van der Waals surface area contributed by atoms with E-state index in [-0.39, 0.29) is 24.3 Å². The number of methoxy groups -OCH3 is 2. The van der Waals surface area contributed by atoms with E-state index in [4.69, 9.17) is 10.5 Å². The summed E-state index contributed by atoms with van der Waals surface area (Å²) in [5.74, 6) is -0.680. The first-order valence-corrected chi connectivity index (χ1v) is 5.65. The van der Waals surface area contributed by atoms with Crippen LogP contribution in [0.2, 0.25) is 0 Å². The van der Waals surface area contributed by atoms with Gasteiger partial charge in [0.15, 0.2) is 0 Å². The molecule has 1 amide bonds. The summed E-state index contributed by atoms with van der Waals surface area (Å²) < 4.78 is 9.54. The molecule has 0 aromatic carbocycles. The van der Waals surface area contributed by atoms with Crippen LogP contribution < -0.4 is 5.73 Å². The summed E-state index contributed by atoms with van der Waals surface area (Å²) >= 11 is 0. The molecule has 2 N–H and O–H groups in total. The third kappa shape index (κ3) is 6.23. The highest BCUT2D eigenvalue weighted by molar-refractivity contribution is 5.79. The van der Waals surface area contributed by atoms with Crippen molar-refractivity contribution in [1.29, 1.82) is 0 Å². The molecular weight excluding hydrogens is 224 g/mol. The van der Waals surface area contributed by atoms with Gasteiger partial charge in [-0.25, -0.2) is 0 Å². The predicted octanol–water partition coefficient (Wildman–Crippen LogP) is -0.238. The Morgan fingerprint density at radius 3 is 2.35 bits per heavy atom. The smallest absolute Gasteiger partial charge is 0.306 e. The van der Waals surface area contributed by atoms with Gasteiger partial charge in [0.25, 0.3) is 0 Å². The van der Waals surface area contributed by atoms with Crippen molar-refractivity contribution in [2.24, 2.45) is 5.73 Å². The van der Waals surface area contributed by atoms with Crippen molar-refractivity contribution in [2.45, 2.75) is 25.8 Å². The van der Waals surface area contributed by atoms with E-state index in [1.165, 1.54) is 7.11 Å². The molecule has 6 nitrogen and oxygen atoms in total. The molecular formula is C11H22N2O4. The first-order chi connectivity index (χ1) is 8.06. The Labute approximate surface area is 102 Å². The average molecular weight is 246 g/mol. The summed E-state index contributed by atoms with van der Waals surface area (Å²) in [6.45, 7) is 3.38. The van der Waals surface area contributed by atoms with Crippen molar-refractivity contribution in [3.05, 3.63) is 0 Å². The first-order valence-electron chi connectivity index (χ1n) is 5.65. The minimum atomic E-state index is -0.381. The number of nitrogens with two attached hydrogens (primary N) is 1. The van der Waals surface area contributed by atoms with E-state index in [1.807, 2.05) is 11.8 Å². The van der Waals surface area contributed by atoms with Gasteiger partial charge in [-0.05, 0) is 6.42 Å². The summed E-state index contributed by atoms with van der Waals surface area (Å²) in [4.78, 5) is 24.2. The van der Waals surface area contributed by atoms with E-state index in [0.29, 0.717) is 26.1 Å². The van der Waals surface area contributed by atoms with Crippen molar-refractivity contribution in [3.8, 4) is 0 Å². The molecule has 0 aromatic rings. The van der Waals surface area contributed by atoms with Crippen molar-refractivity contribution in [3.63, 3.8) is 0 Å². The van der Waals surface area contributed by atoms with Crippen LogP contribution in [-0.4, -0.2) is 56.7 Å². The lowest BCUT2D eigenvalue weighted by Gasteiger charge is -2.28. The molecule has 0 radical (unpaired) electrons. The molecule has 0 fully saturated rings. The van der Waals surface area contributed by atoms with Gasteiger partial charge in [-0.2, -0.15) is 0 Å². The van der Waals surface area contributed by atoms with Gasteiger partial charge in [0.05, 0.1) is 26.2 Å². The molecule has 100 valence electrons. The van der Waals surface area contributed by atoms with Crippen LogP contribution in [0.4, 0.5) is 0 Å². The molecule has 1 unspecified atom stereocenters. The maximum absolute atomic E-state index is 11.3. The standard InChI is InChI=1S/C11H22N2O4/c1-4-9(11(12)15)13(7-8-16-2)6-5-10(14)17-3/h9H,4-8H2,1-3H3,(H2,12,15). The summed E-state index contributed by atoms with van der Waals surface area (Å²) in [7, 11) is 2.93. The highest BCUT2D eigenvalue weighted by Crippen LogP contribution is 2.05. The van der Waals surface area contributed by atoms with Crippen LogP contribution in [0.5, 0.6) is 0 Å². The number of carbonyl (C=O) groups excluding carboxylic acids is 2. The molecule has 0 aromatic heterocycles. The van der Waals surface area contributed by atoms with E-state index in [1.54, 1.807) is 7.11 Å². The summed E-state index contributed by atoms with van der Waals surface area (Å²) in [6, 6.07) is -0.366. The van der Waals surface area contributed by atoms with Gasteiger partial charge in [-0.1, -0.05) is 6.92 Å². The number of carbonyl (C=O) groups is 2. The third-order valence-corrected chi connectivity index (χ3v) is 2.57. The Morgan fingerprint density at radius 1 is 1.29 bits per heavy atom. The number of esters is 1. The number of rotatable bonds is 9. The van der Waals surface area contributed by atoms with Gasteiger partial charge in [0.2, 0.25) is 5.91 Å². The Bertz CT molecular complexity index is 246. The maximum Gasteiger partial charge on any atom is 0.306 e. The fraction of sp³-hybridized carbons (Fsp3) is 0.818. The van der Waals surface area contributed by atoms with E-state index in [2.05, 4.69) is 4.74 Å². The lowest BCUT2D eigenvalue weighted by Crippen LogP contribution is -2.46. The van der Waals surface area contributed by atoms with Crippen LogP contribution in [0.3, 0.4) is 0 Å². The number of nitrogens with zero attached hydrogens (tertiary/aromatic N) is 1. The molecule has 6 heteroatoms. The van der Waals surface area contributed by atoms with Crippen molar-refractivity contribution in [1.82, 2.24) is 4.90 Å². The first kappa shape index (κ1) is 15.9. The zero-order valence-electron chi connectivity index (χ0n) is 10.8. The molecule has 0 saturated heterocycles. The second kappa shape index (κ2) is 8.95. The Kier molecular flexibility index (Phi) is 8.35.